The Hall–Kier alpha value is -1.88. The first-order valence-corrected chi connectivity index (χ1v) is 7.42. The standard InChI is InChI=1S/C15H18N2O2S/c1-4-5-14(18)17-15-16-12(9-20-15)11-6-7-13(19-3)10(2)8-11/h6-9H,4-5H2,1-3H3,(H,16,17,18). The van der Waals surface area contributed by atoms with Gasteiger partial charge in [0, 0.05) is 17.4 Å². The van der Waals surface area contributed by atoms with Crippen LogP contribution < -0.4 is 10.1 Å². The van der Waals surface area contributed by atoms with Gasteiger partial charge in [0.1, 0.15) is 5.75 Å². The molecule has 1 N–H and O–H groups in total. The first-order chi connectivity index (χ1) is 9.63. The van der Waals surface area contributed by atoms with Gasteiger partial charge in [0.05, 0.1) is 12.8 Å². The predicted octanol–water partition coefficient (Wildman–Crippen LogP) is 3.87. The summed E-state index contributed by atoms with van der Waals surface area (Å²) in [5.74, 6) is 0.875. The molecule has 0 spiro atoms. The number of methoxy groups -OCH3 is 1. The second kappa shape index (κ2) is 6.52. The van der Waals surface area contributed by atoms with E-state index in [9.17, 15) is 4.79 Å². The van der Waals surface area contributed by atoms with E-state index in [1.54, 1.807) is 7.11 Å². The third-order valence-corrected chi connectivity index (χ3v) is 3.68. The zero-order chi connectivity index (χ0) is 14.5. The molecular weight excluding hydrogens is 272 g/mol. The molecule has 4 nitrogen and oxygen atoms in total. The Kier molecular flexibility index (Phi) is 4.74. The Morgan fingerprint density at radius 3 is 2.90 bits per heavy atom. The maximum Gasteiger partial charge on any atom is 0.226 e. The Labute approximate surface area is 122 Å². The number of carbonyl (C=O) groups excluding carboxylic acids is 1. The number of carbonyl (C=O) groups is 1. The van der Waals surface area contributed by atoms with E-state index in [0.717, 1.165) is 29.0 Å². The summed E-state index contributed by atoms with van der Waals surface area (Å²) < 4.78 is 5.25. The van der Waals surface area contributed by atoms with Crippen molar-refractivity contribution < 1.29 is 9.53 Å². The molecule has 5 heteroatoms. The third-order valence-electron chi connectivity index (χ3n) is 2.92. The van der Waals surface area contributed by atoms with Crippen LogP contribution in [0.15, 0.2) is 23.6 Å². The molecule has 1 heterocycles. The van der Waals surface area contributed by atoms with Crippen LogP contribution in [0.2, 0.25) is 0 Å². The van der Waals surface area contributed by atoms with Gasteiger partial charge in [0.25, 0.3) is 0 Å². The van der Waals surface area contributed by atoms with Crippen molar-refractivity contribution >= 4 is 22.4 Å². The van der Waals surface area contributed by atoms with Crippen LogP contribution >= 0.6 is 11.3 Å². The highest BCUT2D eigenvalue weighted by Gasteiger charge is 2.08. The molecule has 2 aromatic rings. The third kappa shape index (κ3) is 3.36. The molecule has 0 aliphatic rings. The lowest BCUT2D eigenvalue weighted by atomic mass is 10.1. The number of thiazole rings is 1. The minimum Gasteiger partial charge on any atom is -0.496 e. The largest absolute Gasteiger partial charge is 0.496 e. The molecule has 0 bridgehead atoms. The van der Waals surface area contributed by atoms with E-state index in [2.05, 4.69) is 10.3 Å². The minimum atomic E-state index is 0.0133. The lowest BCUT2D eigenvalue weighted by Crippen LogP contribution is -2.10. The summed E-state index contributed by atoms with van der Waals surface area (Å²) in [6.07, 6.45) is 1.36. The van der Waals surface area contributed by atoms with Crippen molar-refractivity contribution in [2.75, 3.05) is 12.4 Å². The zero-order valence-electron chi connectivity index (χ0n) is 11.9. The van der Waals surface area contributed by atoms with Gasteiger partial charge in [-0.2, -0.15) is 0 Å². The second-order valence-corrected chi connectivity index (χ2v) is 5.38. The highest BCUT2D eigenvalue weighted by Crippen LogP contribution is 2.28. The molecule has 0 unspecified atom stereocenters. The van der Waals surface area contributed by atoms with Crippen LogP contribution in [0.3, 0.4) is 0 Å². The van der Waals surface area contributed by atoms with Crippen LogP contribution in [0, 0.1) is 6.92 Å². The molecule has 0 fully saturated rings. The van der Waals surface area contributed by atoms with Crippen LogP contribution in [0.5, 0.6) is 5.75 Å². The first kappa shape index (κ1) is 14.5. The maximum absolute atomic E-state index is 11.5. The van der Waals surface area contributed by atoms with Gasteiger partial charge in [0.15, 0.2) is 5.13 Å². The van der Waals surface area contributed by atoms with Crippen LogP contribution in [0.4, 0.5) is 5.13 Å². The van der Waals surface area contributed by atoms with Gasteiger partial charge in [-0.15, -0.1) is 11.3 Å². The molecule has 1 aromatic carbocycles. The highest BCUT2D eigenvalue weighted by atomic mass is 32.1. The maximum atomic E-state index is 11.5. The number of aromatic nitrogens is 1. The summed E-state index contributed by atoms with van der Waals surface area (Å²) in [6, 6.07) is 5.93. The summed E-state index contributed by atoms with van der Waals surface area (Å²) in [5.41, 5.74) is 2.96. The molecule has 0 aliphatic carbocycles. The molecule has 0 atom stereocenters. The van der Waals surface area contributed by atoms with Gasteiger partial charge in [0.2, 0.25) is 5.91 Å². The molecule has 106 valence electrons. The Bertz CT molecular complexity index is 608. The van der Waals surface area contributed by atoms with Crippen molar-refractivity contribution in [1.82, 2.24) is 4.98 Å². The van der Waals surface area contributed by atoms with Crippen LogP contribution in [-0.4, -0.2) is 18.0 Å². The number of hydrogen-bond acceptors (Lipinski definition) is 4. The van der Waals surface area contributed by atoms with Crippen molar-refractivity contribution in [3.05, 3.63) is 29.1 Å². The highest BCUT2D eigenvalue weighted by molar-refractivity contribution is 7.14. The van der Waals surface area contributed by atoms with E-state index in [-0.39, 0.29) is 5.91 Å². The fourth-order valence-electron chi connectivity index (χ4n) is 1.91. The van der Waals surface area contributed by atoms with Gasteiger partial charge >= 0.3 is 0 Å². The van der Waals surface area contributed by atoms with Crippen molar-refractivity contribution in [2.24, 2.45) is 0 Å². The van der Waals surface area contributed by atoms with Gasteiger partial charge in [-0.05, 0) is 37.1 Å². The van der Waals surface area contributed by atoms with Gasteiger partial charge in [-0.3, -0.25) is 4.79 Å². The summed E-state index contributed by atoms with van der Waals surface area (Å²) >= 11 is 1.44. The van der Waals surface area contributed by atoms with Gasteiger partial charge in [-0.25, -0.2) is 4.98 Å². The molecular formula is C15H18N2O2S. The van der Waals surface area contributed by atoms with Crippen LogP contribution in [0.25, 0.3) is 11.3 Å². The molecule has 0 saturated heterocycles. The van der Waals surface area contributed by atoms with Gasteiger partial charge in [-0.1, -0.05) is 6.92 Å². The topological polar surface area (TPSA) is 51.2 Å². The van der Waals surface area contributed by atoms with E-state index < -0.39 is 0 Å². The average molecular weight is 290 g/mol. The molecule has 0 aliphatic heterocycles. The fourth-order valence-corrected chi connectivity index (χ4v) is 2.65. The van der Waals surface area contributed by atoms with Crippen LogP contribution in [-0.2, 0) is 4.79 Å². The quantitative estimate of drug-likeness (QED) is 0.909. The number of ether oxygens (including phenoxy) is 1. The molecule has 20 heavy (non-hydrogen) atoms. The molecule has 1 amide bonds. The predicted molar refractivity (Wildman–Crippen MR) is 82.4 cm³/mol. The van der Waals surface area contributed by atoms with Crippen molar-refractivity contribution in [3.8, 4) is 17.0 Å². The number of anilines is 1. The number of nitrogens with zero attached hydrogens (tertiary/aromatic N) is 1. The summed E-state index contributed by atoms with van der Waals surface area (Å²) in [7, 11) is 1.66. The lowest BCUT2D eigenvalue weighted by Gasteiger charge is -2.05. The number of rotatable bonds is 5. The summed E-state index contributed by atoms with van der Waals surface area (Å²) in [6.45, 7) is 3.98. The van der Waals surface area contributed by atoms with Crippen molar-refractivity contribution in [1.29, 1.82) is 0 Å². The second-order valence-electron chi connectivity index (χ2n) is 4.52. The van der Waals surface area contributed by atoms with E-state index >= 15 is 0 Å². The lowest BCUT2D eigenvalue weighted by molar-refractivity contribution is -0.116. The van der Waals surface area contributed by atoms with Crippen LogP contribution in [0.1, 0.15) is 25.3 Å². The average Bonchev–Trinajstić information content (AvgIpc) is 2.87. The Morgan fingerprint density at radius 2 is 2.25 bits per heavy atom. The smallest absolute Gasteiger partial charge is 0.226 e. The zero-order valence-corrected chi connectivity index (χ0v) is 12.7. The Balaban J connectivity index is 2.16. The summed E-state index contributed by atoms with van der Waals surface area (Å²) in [4.78, 5) is 16.0. The first-order valence-electron chi connectivity index (χ1n) is 6.54. The number of hydrogen-bond donors (Lipinski definition) is 1. The van der Waals surface area contributed by atoms with Gasteiger partial charge < -0.3 is 10.1 Å². The monoisotopic (exact) mass is 290 g/mol. The van der Waals surface area contributed by atoms with E-state index in [1.807, 2.05) is 37.4 Å². The molecule has 0 saturated carbocycles. The number of amides is 1. The van der Waals surface area contributed by atoms with E-state index in [4.69, 9.17) is 4.74 Å². The normalized spacial score (nSPS) is 10.3. The summed E-state index contributed by atoms with van der Waals surface area (Å²) in [5, 5.41) is 5.41. The number of aryl methyl sites for hydroxylation is 1. The van der Waals surface area contributed by atoms with Crippen molar-refractivity contribution in [2.45, 2.75) is 26.7 Å². The van der Waals surface area contributed by atoms with E-state index in [1.165, 1.54) is 11.3 Å². The SMILES string of the molecule is CCCC(=O)Nc1nc(-c2ccc(OC)c(C)c2)cs1. The Morgan fingerprint density at radius 1 is 1.45 bits per heavy atom. The molecule has 0 radical (unpaired) electrons. The molecule has 1 aromatic heterocycles. The number of nitrogens with one attached hydrogen (secondary N) is 1. The number of benzene rings is 1. The fraction of sp³-hybridized carbons (Fsp3) is 0.333. The van der Waals surface area contributed by atoms with E-state index in [0.29, 0.717) is 11.6 Å². The van der Waals surface area contributed by atoms with Crippen molar-refractivity contribution in [3.63, 3.8) is 0 Å². The molecule has 2 rings (SSSR count). The minimum absolute atomic E-state index is 0.0133.